The zero-order chi connectivity index (χ0) is 25.6. The van der Waals surface area contributed by atoms with Crippen molar-refractivity contribution >= 4 is 25.8 Å². The van der Waals surface area contributed by atoms with E-state index in [2.05, 4.69) is 38.8 Å². The standard InChI is InChI=1S/C27H36ClN3O3Si/c1-27(2,3)35(4,5)34-24(17-31-18-25(26(29)32)30-19-31)13-8-14-33-23-12-7-10-21(16-23)20-9-6-11-22(28)15-20/h6-7,9-12,15-16,18-19,24H,8,13-14,17H2,1-5H3,(H2,29,32). The van der Waals surface area contributed by atoms with Gasteiger partial charge in [0, 0.05) is 17.8 Å². The molecule has 1 heterocycles. The predicted octanol–water partition coefficient (Wildman–Crippen LogP) is 6.55. The molecule has 0 saturated heterocycles. The fraction of sp³-hybridized carbons (Fsp3) is 0.407. The van der Waals surface area contributed by atoms with Gasteiger partial charge in [-0.25, -0.2) is 4.98 Å². The Kier molecular flexibility index (Phi) is 8.80. The van der Waals surface area contributed by atoms with E-state index in [0.717, 1.165) is 29.7 Å². The van der Waals surface area contributed by atoms with Crippen molar-refractivity contribution in [2.75, 3.05) is 6.61 Å². The van der Waals surface area contributed by atoms with Crippen molar-refractivity contribution in [3.63, 3.8) is 0 Å². The highest BCUT2D eigenvalue weighted by Gasteiger charge is 2.39. The van der Waals surface area contributed by atoms with E-state index >= 15 is 0 Å². The van der Waals surface area contributed by atoms with Gasteiger partial charge in [0.15, 0.2) is 8.32 Å². The molecule has 1 aromatic heterocycles. The van der Waals surface area contributed by atoms with Crippen LogP contribution in [0.1, 0.15) is 44.1 Å². The van der Waals surface area contributed by atoms with Gasteiger partial charge in [0.05, 0.1) is 19.0 Å². The highest BCUT2D eigenvalue weighted by Crippen LogP contribution is 2.38. The van der Waals surface area contributed by atoms with Crippen molar-refractivity contribution < 1.29 is 14.0 Å². The number of carbonyl (C=O) groups is 1. The number of halogens is 1. The maximum absolute atomic E-state index is 11.4. The van der Waals surface area contributed by atoms with E-state index in [1.807, 2.05) is 53.1 Å². The number of carbonyl (C=O) groups excluding carboxylic acids is 1. The minimum Gasteiger partial charge on any atom is -0.494 e. The quantitative estimate of drug-likeness (QED) is 0.233. The second kappa shape index (κ2) is 11.4. The molecule has 6 nitrogen and oxygen atoms in total. The molecule has 0 aliphatic rings. The average molecular weight is 514 g/mol. The van der Waals surface area contributed by atoms with Crippen molar-refractivity contribution in [2.45, 2.75) is 64.4 Å². The number of aromatic nitrogens is 2. The Labute approximate surface area is 214 Å². The van der Waals surface area contributed by atoms with E-state index in [4.69, 9.17) is 26.5 Å². The molecule has 1 atom stereocenters. The van der Waals surface area contributed by atoms with Crippen LogP contribution in [0.15, 0.2) is 61.1 Å². The van der Waals surface area contributed by atoms with Crippen LogP contribution in [0.2, 0.25) is 23.2 Å². The number of rotatable bonds is 11. The van der Waals surface area contributed by atoms with Crippen LogP contribution in [0.4, 0.5) is 0 Å². The Balaban J connectivity index is 1.62. The second-order valence-electron chi connectivity index (χ2n) is 10.3. The summed E-state index contributed by atoms with van der Waals surface area (Å²) in [6, 6.07) is 15.8. The highest BCUT2D eigenvalue weighted by molar-refractivity contribution is 6.74. The lowest BCUT2D eigenvalue weighted by Gasteiger charge is -2.39. The molecule has 0 bridgehead atoms. The van der Waals surface area contributed by atoms with Crippen LogP contribution in [0, 0.1) is 0 Å². The molecule has 0 saturated carbocycles. The Hall–Kier alpha value is -2.61. The molecule has 3 rings (SSSR count). The molecule has 35 heavy (non-hydrogen) atoms. The van der Waals surface area contributed by atoms with E-state index in [9.17, 15) is 4.79 Å². The average Bonchev–Trinajstić information content (AvgIpc) is 3.25. The maximum Gasteiger partial charge on any atom is 0.268 e. The highest BCUT2D eigenvalue weighted by atomic mass is 35.5. The summed E-state index contributed by atoms with van der Waals surface area (Å²) in [6.45, 7) is 12.4. The Bertz CT molecular complexity index is 1140. The number of primary amides is 1. The molecule has 2 N–H and O–H groups in total. The zero-order valence-electron chi connectivity index (χ0n) is 21.3. The fourth-order valence-electron chi connectivity index (χ4n) is 3.54. The molecule has 0 fully saturated rings. The fourth-order valence-corrected chi connectivity index (χ4v) is 5.11. The topological polar surface area (TPSA) is 79.4 Å². The molecule has 8 heteroatoms. The van der Waals surface area contributed by atoms with Crippen LogP contribution in [0.25, 0.3) is 11.1 Å². The number of nitrogens with two attached hydrogens (primary N) is 1. The first kappa shape index (κ1) is 27.0. The SMILES string of the molecule is CC(C)(C)[Si](C)(C)OC(CCCOc1cccc(-c2cccc(Cl)c2)c1)Cn1cnc(C(N)=O)c1. The summed E-state index contributed by atoms with van der Waals surface area (Å²) in [5.74, 6) is 0.295. The van der Waals surface area contributed by atoms with E-state index in [-0.39, 0.29) is 16.8 Å². The normalized spacial score (nSPS) is 13.0. The third-order valence-electron chi connectivity index (χ3n) is 6.50. The number of hydrogen-bond donors (Lipinski definition) is 1. The van der Waals surface area contributed by atoms with Crippen molar-refractivity contribution in [3.05, 3.63) is 71.8 Å². The molecule has 0 spiro atoms. The molecular weight excluding hydrogens is 478 g/mol. The van der Waals surface area contributed by atoms with Gasteiger partial charge in [-0.15, -0.1) is 0 Å². The summed E-state index contributed by atoms with van der Waals surface area (Å²) >= 11 is 6.15. The first-order valence-electron chi connectivity index (χ1n) is 11.9. The molecular formula is C27H36ClN3O3Si. The maximum atomic E-state index is 11.4. The van der Waals surface area contributed by atoms with Gasteiger partial charge in [-0.05, 0) is 66.4 Å². The smallest absolute Gasteiger partial charge is 0.268 e. The number of nitrogens with zero attached hydrogens (tertiary/aromatic N) is 2. The van der Waals surface area contributed by atoms with Crippen LogP contribution in [0.5, 0.6) is 5.75 Å². The first-order chi connectivity index (χ1) is 16.4. The van der Waals surface area contributed by atoms with Crippen molar-refractivity contribution in [1.29, 1.82) is 0 Å². The van der Waals surface area contributed by atoms with Crippen LogP contribution in [-0.4, -0.2) is 36.5 Å². The Morgan fingerprint density at radius 3 is 2.46 bits per heavy atom. The van der Waals surface area contributed by atoms with E-state index in [0.29, 0.717) is 18.2 Å². The summed E-state index contributed by atoms with van der Waals surface area (Å²) in [6.07, 6.45) is 4.96. The molecule has 0 aliphatic heterocycles. The van der Waals surface area contributed by atoms with Gasteiger partial charge in [-0.1, -0.05) is 56.6 Å². The number of benzene rings is 2. The number of ether oxygens (including phenoxy) is 1. The van der Waals surface area contributed by atoms with Gasteiger partial charge in [0.1, 0.15) is 11.4 Å². The summed E-state index contributed by atoms with van der Waals surface area (Å²) in [5.41, 5.74) is 7.75. The largest absolute Gasteiger partial charge is 0.494 e. The van der Waals surface area contributed by atoms with Gasteiger partial charge >= 0.3 is 0 Å². The van der Waals surface area contributed by atoms with Gasteiger partial charge in [-0.3, -0.25) is 4.79 Å². The number of imidazole rings is 1. The summed E-state index contributed by atoms with van der Waals surface area (Å²) in [4.78, 5) is 15.5. The molecule has 0 radical (unpaired) electrons. The van der Waals surface area contributed by atoms with E-state index in [1.165, 1.54) is 0 Å². The number of hydrogen-bond acceptors (Lipinski definition) is 4. The molecule has 188 valence electrons. The molecule has 1 unspecified atom stereocenters. The van der Waals surface area contributed by atoms with Crippen LogP contribution >= 0.6 is 11.6 Å². The lowest BCUT2D eigenvalue weighted by molar-refractivity contribution is 0.0995. The van der Waals surface area contributed by atoms with Gasteiger partial charge in [0.25, 0.3) is 5.91 Å². The van der Waals surface area contributed by atoms with E-state index in [1.54, 1.807) is 12.5 Å². The lowest BCUT2D eigenvalue weighted by Crippen LogP contribution is -2.45. The second-order valence-corrected chi connectivity index (χ2v) is 15.5. The lowest BCUT2D eigenvalue weighted by atomic mass is 10.1. The summed E-state index contributed by atoms with van der Waals surface area (Å²) in [5, 5.41) is 0.804. The third-order valence-corrected chi connectivity index (χ3v) is 11.3. The molecule has 3 aromatic rings. The molecule has 1 amide bonds. The third kappa shape index (κ3) is 7.69. The number of amides is 1. The van der Waals surface area contributed by atoms with Gasteiger partial charge in [0.2, 0.25) is 0 Å². The van der Waals surface area contributed by atoms with Gasteiger partial charge in [-0.2, -0.15) is 0 Å². The van der Waals surface area contributed by atoms with Crippen molar-refractivity contribution in [2.24, 2.45) is 5.73 Å². The minimum absolute atomic E-state index is 0.0211. The van der Waals surface area contributed by atoms with Crippen molar-refractivity contribution in [3.8, 4) is 16.9 Å². The Morgan fingerprint density at radius 1 is 1.14 bits per heavy atom. The minimum atomic E-state index is -1.99. The van der Waals surface area contributed by atoms with E-state index < -0.39 is 14.2 Å². The van der Waals surface area contributed by atoms with Gasteiger partial charge < -0.3 is 19.5 Å². The first-order valence-corrected chi connectivity index (χ1v) is 15.2. The van der Waals surface area contributed by atoms with Crippen LogP contribution in [-0.2, 0) is 11.0 Å². The summed E-state index contributed by atoms with van der Waals surface area (Å²) < 4.78 is 14.7. The van der Waals surface area contributed by atoms with Crippen LogP contribution in [0.3, 0.4) is 0 Å². The zero-order valence-corrected chi connectivity index (χ0v) is 23.0. The Morgan fingerprint density at radius 2 is 1.83 bits per heavy atom. The summed E-state index contributed by atoms with van der Waals surface area (Å²) in [7, 11) is -1.99. The monoisotopic (exact) mass is 513 g/mol. The molecule has 2 aromatic carbocycles. The predicted molar refractivity (Wildman–Crippen MR) is 144 cm³/mol. The van der Waals surface area contributed by atoms with Crippen LogP contribution < -0.4 is 10.5 Å². The van der Waals surface area contributed by atoms with Crippen molar-refractivity contribution in [1.82, 2.24) is 9.55 Å². The molecule has 0 aliphatic carbocycles.